The summed E-state index contributed by atoms with van der Waals surface area (Å²) in [5.74, 6) is 0. The first-order valence-corrected chi connectivity index (χ1v) is 11.9. The normalized spacial score (nSPS) is 13.7. The first-order valence-electron chi connectivity index (χ1n) is 11.9. The minimum absolute atomic E-state index is 0.0533. The zero-order valence-corrected chi connectivity index (χ0v) is 20.5. The van der Waals surface area contributed by atoms with Crippen molar-refractivity contribution >= 4 is 65.7 Å². The summed E-state index contributed by atoms with van der Waals surface area (Å²) in [6, 6.07) is 9.13. The monoisotopic (exact) mass is 570 g/mol. The maximum Gasteiger partial charge on any atom is 0.416 e. The molecule has 0 radical (unpaired) electrons. The molecule has 0 atom stereocenters. The standard InChI is InChI=1S/C28H8F6N8/c1-36-42-24-16-7-12(28(32,33)34)3-5-14(16)23-26(24)41-20-9-17-19(8-18(20)39-23)40-25-21(37-10-35)15-6-11(27(29,30)31)2-4-13(15)22(25)38-17/h2-9H/b37-21?,42-24+. The van der Waals surface area contributed by atoms with Crippen LogP contribution in [0.2, 0.25) is 0 Å². The number of halogens is 6. The van der Waals surface area contributed by atoms with Gasteiger partial charge in [-0.3, -0.25) is 0 Å². The molecule has 2 aromatic heterocycles. The van der Waals surface area contributed by atoms with Crippen LogP contribution in [0, 0.1) is 18.0 Å². The highest BCUT2D eigenvalue weighted by atomic mass is 19.4. The number of rotatable bonds is 0. The molecular formula is C28H8F6N8. The van der Waals surface area contributed by atoms with Crippen LogP contribution in [0.1, 0.15) is 11.1 Å². The van der Waals surface area contributed by atoms with Gasteiger partial charge in [-0.15, -0.1) is 4.95 Å². The van der Waals surface area contributed by atoms with Gasteiger partial charge >= 0.3 is 12.4 Å². The van der Waals surface area contributed by atoms with E-state index in [1.807, 2.05) is 0 Å². The summed E-state index contributed by atoms with van der Waals surface area (Å²) in [6.45, 7) is 7.18. The van der Waals surface area contributed by atoms with E-state index >= 15 is 0 Å². The van der Waals surface area contributed by atoms with Gasteiger partial charge in [0, 0.05) is 21.5 Å². The van der Waals surface area contributed by atoms with E-state index in [2.05, 4.69) is 35.0 Å². The highest BCUT2D eigenvalue weighted by Gasteiger charge is 2.32. The minimum atomic E-state index is -4.62. The number of benzene rings is 3. The molecule has 14 heteroatoms. The fourth-order valence-corrected chi connectivity index (χ4v) is 5.13. The van der Waals surface area contributed by atoms with Crippen molar-refractivity contribution < 1.29 is 26.3 Å². The zero-order chi connectivity index (χ0) is 29.6. The van der Waals surface area contributed by atoms with Gasteiger partial charge in [-0.1, -0.05) is 12.1 Å². The molecule has 2 heterocycles. The Morgan fingerprint density at radius 1 is 0.619 bits per heavy atom. The Balaban J connectivity index is 1.56. The summed E-state index contributed by atoms with van der Waals surface area (Å²) >= 11 is 0. The average Bonchev–Trinajstić information content (AvgIpc) is 3.40. The van der Waals surface area contributed by atoms with Gasteiger partial charge in [0.15, 0.2) is 5.36 Å². The van der Waals surface area contributed by atoms with Crippen molar-refractivity contribution in [3.63, 3.8) is 0 Å². The summed E-state index contributed by atoms with van der Waals surface area (Å²) in [4.78, 5) is 25.0. The fourth-order valence-electron chi connectivity index (χ4n) is 5.13. The SMILES string of the molecule is [C-]#[N+]/N=c1\c2cc(C(F)(F)F)ccc2c2nc3cc4nc5c(=NC#N)c6cc(C(F)(F)F)ccc6c5nc4cc3nc12. The van der Waals surface area contributed by atoms with E-state index in [1.165, 1.54) is 24.3 Å². The second-order valence-electron chi connectivity index (χ2n) is 9.30. The molecule has 0 aliphatic carbocycles. The molecule has 202 valence electrons. The Hall–Kier alpha value is -5.76. The summed E-state index contributed by atoms with van der Waals surface area (Å²) < 4.78 is 80.4. The quantitative estimate of drug-likeness (QED) is 0.0709. The summed E-state index contributed by atoms with van der Waals surface area (Å²) in [5.41, 5.74) is -0.0358. The first kappa shape index (κ1) is 25.2. The largest absolute Gasteiger partial charge is 0.416 e. The molecule has 7 rings (SSSR count). The van der Waals surface area contributed by atoms with Crippen LogP contribution in [0.3, 0.4) is 0 Å². The highest BCUT2D eigenvalue weighted by Crippen LogP contribution is 2.35. The lowest BCUT2D eigenvalue weighted by Crippen LogP contribution is -2.06. The molecule has 7 aromatic rings. The first-order chi connectivity index (χ1) is 20.0. The van der Waals surface area contributed by atoms with E-state index in [0.29, 0.717) is 16.3 Å². The lowest BCUT2D eigenvalue weighted by molar-refractivity contribution is -0.138. The van der Waals surface area contributed by atoms with Crippen molar-refractivity contribution in [3.8, 4) is 6.19 Å². The van der Waals surface area contributed by atoms with E-state index in [-0.39, 0.29) is 60.1 Å². The molecule has 0 saturated heterocycles. The number of aromatic nitrogens is 4. The number of alkyl halides is 6. The van der Waals surface area contributed by atoms with Crippen molar-refractivity contribution in [1.82, 2.24) is 19.9 Å². The van der Waals surface area contributed by atoms with Crippen LogP contribution in [0.25, 0.3) is 70.6 Å². The van der Waals surface area contributed by atoms with Crippen LogP contribution < -0.4 is 10.7 Å². The molecule has 0 unspecified atom stereocenters. The van der Waals surface area contributed by atoms with Crippen LogP contribution in [0.15, 0.2) is 58.6 Å². The van der Waals surface area contributed by atoms with Gasteiger partial charge < -0.3 is 0 Å². The highest BCUT2D eigenvalue weighted by molar-refractivity contribution is 6.12. The number of nitriles is 1. The maximum atomic E-state index is 13.4. The third-order valence-corrected chi connectivity index (χ3v) is 6.92. The summed E-state index contributed by atoms with van der Waals surface area (Å²) in [6.07, 6.45) is -7.63. The fraction of sp³-hybridized carbons (Fsp3) is 0.0714. The molecular weight excluding hydrogens is 562 g/mol. The van der Waals surface area contributed by atoms with Crippen LogP contribution >= 0.6 is 0 Å². The molecule has 0 fully saturated rings. The van der Waals surface area contributed by atoms with Crippen molar-refractivity contribution in [2.45, 2.75) is 12.4 Å². The Labute approximate surface area is 228 Å². The summed E-state index contributed by atoms with van der Waals surface area (Å²) in [7, 11) is 0. The van der Waals surface area contributed by atoms with Crippen molar-refractivity contribution in [1.29, 1.82) is 5.26 Å². The lowest BCUT2D eigenvalue weighted by Gasteiger charge is -2.06. The van der Waals surface area contributed by atoms with Crippen LogP contribution in [-0.2, 0) is 12.4 Å². The topological polar surface area (TPSA) is 104 Å². The smallest absolute Gasteiger partial charge is 0.244 e. The van der Waals surface area contributed by atoms with E-state index in [1.54, 1.807) is 6.19 Å². The number of fused-ring (bicyclic) bond motifs is 8. The zero-order valence-electron chi connectivity index (χ0n) is 20.5. The minimum Gasteiger partial charge on any atom is -0.244 e. The van der Waals surface area contributed by atoms with Crippen LogP contribution in [-0.4, -0.2) is 19.9 Å². The Morgan fingerprint density at radius 3 is 1.48 bits per heavy atom. The van der Waals surface area contributed by atoms with Crippen LogP contribution in [0.5, 0.6) is 0 Å². The molecule has 0 saturated carbocycles. The van der Waals surface area contributed by atoms with Gasteiger partial charge in [-0.25, -0.2) is 19.9 Å². The lowest BCUT2D eigenvalue weighted by atomic mass is 10.1. The number of hydrogen-bond donors (Lipinski definition) is 0. The second kappa shape index (κ2) is 8.37. The van der Waals surface area contributed by atoms with E-state index in [4.69, 9.17) is 6.57 Å². The summed E-state index contributed by atoms with van der Waals surface area (Å²) in [5, 5.41) is 13.6. The predicted octanol–water partition coefficient (Wildman–Crippen LogP) is 6.22. The predicted molar refractivity (Wildman–Crippen MR) is 138 cm³/mol. The Morgan fingerprint density at radius 2 is 1.05 bits per heavy atom. The molecule has 0 amide bonds. The third kappa shape index (κ3) is 3.62. The average molecular weight is 570 g/mol. The molecule has 0 aliphatic heterocycles. The Bertz CT molecular complexity index is 2350. The van der Waals surface area contributed by atoms with E-state index in [9.17, 15) is 31.6 Å². The van der Waals surface area contributed by atoms with Gasteiger partial charge in [0.05, 0.1) is 49.3 Å². The number of hydrogen-bond acceptors (Lipinski definition) is 7. The van der Waals surface area contributed by atoms with Gasteiger partial charge in [0.1, 0.15) is 16.4 Å². The van der Waals surface area contributed by atoms with Gasteiger partial charge in [0.25, 0.3) is 0 Å². The molecule has 0 spiro atoms. The van der Waals surface area contributed by atoms with Crippen molar-refractivity contribution in [2.75, 3.05) is 0 Å². The van der Waals surface area contributed by atoms with E-state index in [0.717, 1.165) is 24.3 Å². The van der Waals surface area contributed by atoms with Crippen molar-refractivity contribution in [3.05, 3.63) is 81.9 Å². The van der Waals surface area contributed by atoms with Gasteiger partial charge in [-0.2, -0.15) is 43.2 Å². The molecule has 0 N–H and O–H groups in total. The van der Waals surface area contributed by atoms with Crippen LogP contribution in [0.4, 0.5) is 26.3 Å². The second-order valence-corrected chi connectivity index (χ2v) is 9.30. The third-order valence-electron chi connectivity index (χ3n) is 6.92. The number of nitrogens with zero attached hydrogens (tertiary/aromatic N) is 8. The maximum absolute atomic E-state index is 13.4. The van der Waals surface area contributed by atoms with Gasteiger partial charge in [-0.05, 0) is 36.4 Å². The van der Waals surface area contributed by atoms with Crippen molar-refractivity contribution in [2.24, 2.45) is 10.1 Å². The van der Waals surface area contributed by atoms with E-state index < -0.39 is 23.5 Å². The molecule has 0 bridgehead atoms. The molecule has 8 nitrogen and oxygen atoms in total. The molecule has 42 heavy (non-hydrogen) atoms. The molecule has 0 aliphatic rings. The molecule has 5 aromatic carbocycles. The van der Waals surface area contributed by atoms with Gasteiger partial charge in [0.2, 0.25) is 6.19 Å². The Kier molecular flexibility index (Phi) is 5.03.